The molecule has 6 nitrogen and oxygen atoms in total. The van der Waals surface area contributed by atoms with E-state index in [1.807, 2.05) is 25.1 Å². The number of likely N-dealkylation sites (tertiary alicyclic amines) is 1. The number of nitrogens with one attached hydrogen (secondary N) is 1. The molecule has 1 aliphatic heterocycles. The fraction of sp³-hybridized carbons (Fsp3) is 0.579. The Morgan fingerprint density at radius 3 is 2.65 bits per heavy atom. The summed E-state index contributed by atoms with van der Waals surface area (Å²) in [5.41, 5.74) is 1.12. The minimum absolute atomic E-state index is 0. The Bertz CT molecular complexity index is 587. The van der Waals surface area contributed by atoms with E-state index in [0.717, 1.165) is 49.7 Å². The van der Waals surface area contributed by atoms with Crippen molar-refractivity contribution < 1.29 is 14.3 Å². The summed E-state index contributed by atoms with van der Waals surface area (Å²) in [6.07, 6.45) is 1.60. The van der Waals surface area contributed by atoms with Crippen molar-refractivity contribution in [2.24, 2.45) is 10.9 Å². The van der Waals surface area contributed by atoms with Gasteiger partial charge in [-0.3, -0.25) is 4.79 Å². The second kappa shape index (κ2) is 12.0. The fourth-order valence-electron chi connectivity index (χ4n) is 2.99. The Morgan fingerprint density at radius 2 is 2.04 bits per heavy atom. The molecule has 0 amide bonds. The minimum atomic E-state index is -0.102. The van der Waals surface area contributed by atoms with E-state index < -0.39 is 0 Å². The molecule has 7 heteroatoms. The van der Waals surface area contributed by atoms with Crippen LogP contribution < -0.4 is 10.1 Å². The number of methoxy groups -OCH3 is 1. The number of aliphatic imine (C=N–C) groups is 1. The standard InChI is InChI=1S/C19H29N3O3.HI/c1-4-20-19(22-11-9-16(10-12-22)18(23)24-3)21-14-15-7-6-8-17(13-15)25-5-2;/h6-8,13,16H,4-5,9-12,14H2,1-3H3,(H,20,21);1H. The van der Waals surface area contributed by atoms with Crippen LogP contribution in [0.3, 0.4) is 0 Å². The molecule has 0 aliphatic carbocycles. The summed E-state index contributed by atoms with van der Waals surface area (Å²) >= 11 is 0. The van der Waals surface area contributed by atoms with Crippen molar-refractivity contribution in [2.45, 2.75) is 33.2 Å². The van der Waals surface area contributed by atoms with Gasteiger partial charge in [-0.05, 0) is 44.4 Å². The van der Waals surface area contributed by atoms with E-state index in [4.69, 9.17) is 14.5 Å². The molecule has 0 unspecified atom stereocenters. The first-order valence-electron chi connectivity index (χ1n) is 9.00. The SMILES string of the molecule is CCNC(=NCc1cccc(OCC)c1)N1CCC(C(=O)OC)CC1.I. The molecule has 0 saturated carbocycles. The number of piperidine rings is 1. The fourth-order valence-corrected chi connectivity index (χ4v) is 2.99. The van der Waals surface area contributed by atoms with E-state index in [0.29, 0.717) is 13.2 Å². The highest BCUT2D eigenvalue weighted by Crippen LogP contribution is 2.19. The monoisotopic (exact) mass is 475 g/mol. The summed E-state index contributed by atoms with van der Waals surface area (Å²) in [4.78, 5) is 18.6. The smallest absolute Gasteiger partial charge is 0.308 e. The number of nitrogens with zero attached hydrogens (tertiary/aromatic N) is 2. The number of benzene rings is 1. The van der Waals surface area contributed by atoms with Crippen molar-refractivity contribution in [3.05, 3.63) is 29.8 Å². The molecule has 1 aliphatic rings. The van der Waals surface area contributed by atoms with Gasteiger partial charge in [-0.25, -0.2) is 4.99 Å². The molecule has 0 aromatic heterocycles. The maximum atomic E-state index is 11.7. The molecular weight excluding hydrogens is 445 g/mol. The van der Waals surface area contributed by atoms with E-state index in [1.165, 1.54) is 7.11 Å². The highest BCUT2D eigenvalue weighted by molar-refractivity contribution is 14.0. The number of hydrogen-bond acceptors (Lipinski definition) is 4. The third kappa shape index (κ3) is 6.66. The van der Waals surface area contributed by atoms with E-state index in [2.05, 4.69) is 23.2 Å². The molecule has 1 heterocycles. The summed E-state index contributed by atoms with van der Waals surface area (Å²) < 4.78 is 10.4. The van der Waals surface area contributed by atoms with Gasteiger partial charge in [0.1, 0.15) is 5.75 Å². The van der Waals surface area contributed by atoms with Gasteiger partial charge in [0, 0.05) is 19.6 Å². The molecule has 1 aromatic rings. The number of guanidine groups is 1. The van der Waals surface area contributed by atoms with Gasteiger partial charge < -0.3 is 19.7 Å². The Hall–Kier alpha value is -1.51. The maximum Gasteiger partial charge on any atom is 0.308 e. The number of halogens is 1. The van der Waals surface area contributed by atoms with Crippen LogP contribution in [0.15, 0.2) is 29.3 Å². The number of rotatable bonds is 6. The summed E-state index contributed by atoms with van der Waals surface area (Å²) in [5.74, 6) is 1.67. The zero-order chi connectivity index (χ0) is 18.1. The summed E-state index contributed by atoms with van der Waals surface area (Å²) in [7, 11) is 1.45. The number of hydrogen-bond donors (Lipinski definition) is 1. The predicted molar refractivity (Wildman–Crippen MR) is 114 cm³/mol. The normalized spacial score (nSPS) is 15.2. The predicted octanol–water partition coefficient (Wildman–Crippen LogP) is 3.05. The van der Waals surface area contributed by atoms with Gasteiger partial charge in [0.2, 0.25) is 0 Å². The minimum Gasteiger partial charge on any atom is -0.494 e. The molecule has 1 N–H and O–H groups in total. The Labute approximate surface area is 173 Å². The second-order valence-electron chi connectivity index (χ2n) is 6.04. The van der Waals surface area contributed by atoms with Crippen molar-refractivity contribution in [1.29, 1.82) is 0 Å². The van der Waals surface area contributed by atoms with E-state index in [-0.39, 0.29) is 35.9 Å². The van der Waals surface area contributed by atoms with Gasteiger partial charge in [-0.1, -0.05) is 12.1 Å². The first kappa shape index (κ1) is 22.5. The van der Waals surface area contributed by atoms with Gasteiger partial charge in [0.15, 0.2) is 5.96 Å². The van der Waals surface area contributed by atoms with Crippen LogP contribution in [0.4, 0.5) is 0 Å². The first-order valence-corrected chi connectivity index (χ1v) is 9.00. The average Bonchev–Trinajstić information content (AvgIpc) is 2.65. The number of carbonyl (C=O) groups is 1. The van der Waals surface area contributed by atoms with Crippen LogP contribution in [0.1, 0.15) is 32.3 Å². The molecule has 26 heavy (non-hydrogen) atoms. The van der Waals surface area contributed by atoms with Crippen molar-refractivity contribution in [1.82, 2.24) is 10.2 Å². The Morgan fingerprint density at radius 1 is 1.31 bits per heavy atom. The molecule has 146 valence electrons. The Balaban J connectivity index is 0.00000338. The van der Waals surface area contributed by atoms with Gasteiger partial charge in [-0.2, -0.15) is 0 Å². The lowest BCUT2D eigenvalue weighted by Gasteiger charge is -2.33. The largest absolute Gasteiger partial charge is 0.494 e. The topological polar surface area (TPSA) is 63.2 Å². The maximum absolute atomic E-state index is 11.7. The van der Waals surface area contributed by atoms with Crippen LogP contribution >= 0.6 is 24.0 Å². The van der Waals surface area contributed by atoms with Crippen LogP contribution in [-0.2, 0) is 16.1 Å². The zero-order valence-corrected chi connectivity index (χ0v) is 18.2. The highest BCUT2D eigenvalue weighted by atomic mass is 127. The van der Waals surface area contributed by atoms with Gasteiger partial charge in [0.25, 0.3) is 0 Å². The van der Waals surface area contributed by atoms with Crippen LogP contribution in [-0.4, -0.2) is 50.2 Å². The second-order valence-corrected chi connectivity index (χ2v) is 6.04. The lowest BCUT2D eigenvalue weighted by molar-refractivity contribution is -0.146. The number of carbonyl (C=O) groups excluding carboxylic acids is 1. The zero-order valence-electron chi connectivity index (χ0n) is 15.9. The van der Waals surface area contributed by atoms with Crippen LogP contribution in [0.2, 0.25) is 0 Å². The third-order valence-electron chi connectivity index (χ3n) is 4.28. The van der Waals surface area contributed by atoms with Gasteiger partial charge >= 0.3 is 5.97 Å². The first-order chi connectivity index (χ1) is 12.2. The molecule has 0 spiro atoms. The number of ether oxygens (including phenoxy) is 2. The molecule has 1 saturated heterocycles. The molecule has 2 rings (SSSR count). The highest BCUT2D eigenvalue weighted by Gasteiger charge is 2.26. The van der Waals surface area contributed by atoms with Crippen molar-refractivity contribution in [3.63, 3.8) is 0 Å². The quantitative estimate of drug-likeness (QED) is 0.297. The van der Waals surface area contributed by atoms with Crippen LogP contribution in [0.25, 0.3) is 0 Å². The number of esters is 1. The third-order valence-corrected chi connectivity index (χ3v) is 4.28. The van der Waals surface area contributed by atoms with Crippen molar-refractivity contribution in [2.75, 3.05) is 33.4 Å². The lowest BCUT2D eigenvalue weighted by Crippen LogP contribution is -2.46. The summed E-state index contributed by atoms with van der Waals surface area (Å²) in [6, 6.07) is 8.03. The Kier molecular flexibility index (Phi) is 10.4. The molecule has 0 radical (unpaired) electrons. The van der Waals surface area contributed by atoms with Crippen molar-refractivity contribution >= 4 is 35.9 Å². The lowest BCUT2D eigenvalue weighted by atomic mass is 9.97. The molecular formula is C19H30IN3O3. The van der Waals surface area contributed by atoms with Crippen molar-refractivity contribution in [3.8, 4) is 5.75 Å². The van der Waals surface area contributed by atoms with E-state index in [9.17, 15) is 4.79 Å². The van der Waals surface area contributed by atoms with Crippen LogP contribution in [0, 0.1) is 5.92 Å². The summed E-state index contributed by atoms with van der Waals surface area (Å²) in [5, 5.41) is 3.35. The molecule has 0 bridgehead atoms. The van der Waals surface area contributed by atoms with E-state index >= 15 is 0 Å². The van der Waals surface area contributed by atoms with Gasteiger partial charge in [0.05, 0.1) is 26.2 Å². The van der Waals surface area contributed by atoms with E-state index in [1.54, 1.807) is 0 Å². The summed E-state index contributed by atoms with van der Waals surface area (Å²) in [6.45, 7) is 7.73. The van der Waals surface area contributed by atoms with Crippen LogP contribution in [0.5, 0.6) is 5.75 Å². The van der Waals surface area contributed by atoms with Gasteiger partial charge in [-0.15, -0.1) is 24.0 Å². The molecule has 1 fully saturated rings. The molecule has 0 atom stereocenters. The molecule has 1 aromatic carbocycles. The average molecular weight is 475 g/mol.